The highest BCUT2D eigenvalue weighted by molar-refractivity contribution is 5.77. The Balaban J connectivity index is 5.13. The summed E-state index contributed by atoms with van der Waals surface area (Å²) in [6.07, 6.45) is -0.463. The highest BCUT2D eigenvalue weighted by Gasteiger charge is 2.58. The molecule has 0 amide bonds. The van der Waals surface area contributed by atoms with Crippen LogP contribution in [0.15, 0.2) is 0 Å². The van der Waals surface area contributed by atoms with Gasteiger partial charge in [0.05, 0.1) is 0 Å². The highest BCUT2D eigenvalue weighted by atomic mass is 19.3. The molecule has 2 N–H and O–H groups in total. The Morgan fingerprint density at radius 1 is 1.12 bits per heavy atom. The second-order valence-corrected chi connectivity index (χ2v) is 5.11. The third-order valence-corrected chi connectivity index (χ3v) is 2.34. The molecule has 0 saturated heterocycles. The van der Waals surface area contributed by atoms with Crippen molar-refractivity contribution in [3.63, 3.8) is 0 Å². The molecule has 0 saturated carbocycles. The van der Waals surface area contributed by atoms with Crippen molar-refractivity contribution in [3.05, 3.63) is 0 Å². The summed E-state index contributed by atoms with van der Waals surface area (Å²) < 4.78 is 26.9. The SMILES string of the molecule is CC(C)CC(O)(CC(C)C)C(F)(F)C(=O)O. The summed E-state index contributed by atoms with van der Waals surface area (Å²) in [6, 6.07) is 0. The summed E-state index contributed by atoms with van der Waals surface area (Å²) in [5.74, 6) is -6.78. The lowest BCUT2D eigenvalue weighted by Crippen LogP contribution is -2.54. The standard InChI is InChI=1S/C11H20F2O3/c1-7(2)5-10(16,6-8(3)4)11(12,13)9(14)15/h7-8,16H,5-6H2,1-4H3,(H,14,15). The van der Waals surface area contributed by atoms with Gasteiger partial charge in [-0.25, -0.2) is 4.79 Å². The molecule has 0 aliphatic carbocycles. The average Bonchev–Trinajstić information content (AvgIpc) is 1.99. The third kappa shape index (κ3) is 3.40. The Labute approximate surface area is 94.5 Å². The van der Waals surface area contributed by atoms with Gasteiger partial charge in [0.1, 0.15) is 5.60 Å². The van der Waals surface area contributed by atoms with Gasteiger partial charge < -0.3 is 10.2 Å². The smallest absolute Gasteiger partial charge is 0.377 e. The van der Waals surface area contributed by atoms with Crippen molar-refractivity contribution < 1.29 is 23.8 Å². The van der Waals surface area contributed by atoms with Crippen LogP contribution in [0.5, 0.6) is 0 Å². The van der Waals surface area contributed by atoms with E-state index in [9.17, 15) is 18.7 Å². The van der Waals surface area contributed by atoms with Gasteiger partial charge in [-0.3, -0.25) is 0 Å². The summed E-state index contributed by atoms with van der Waals surface area (Å²) in [5.41, 5.74) is -2.47. The van der Waals surface area contributed by atoms with E-state index in [0.717, 1.165) is 0 Å². The van der Waals surface area contributed by atoms with Gasteiger partial charge in [0.25, 0.3) is 0 Å². The first-order valence-electron chi connectivity index (χ1n) is 5.36. The number of carboxylic acids is 1. The van der Waals surface area contributed by atoms with Crippen LogP contribution >= 0.6 is 0 Å². The lowest BCUT2D eigenvalue weighted by Gasteiger charge is -2.35. The van der Waals surface area contributed by atoms with E-state index >= 15 is 0 Å². The largest absolute Gasteiger partial charge is 0.477 e. The number of rotatable bonds is 6. The first-order valence-corrected chi connectivity index (χ1v) is 5.36. The van der Waals surface area contributed by atoms with E-state index in [0.29, 0.717) is 0 Å². The van der Waals surface area contributed by atoms with Crippen LogP contribution in [0.1, 0.15) is 40.5 Å². The normalized spacial score (nSPS) is 13.6. The molecule has 0 bridgehead atoms. The van der Waals surface area contributed by atoms with Crippen LogP contribution in [-0.4, -0.2) is 27.7 Å². The van der Waals surface area contributed by atoms with Crippen LogP contribution in [0.4, 0.5) is 8.78 Å². The Morgan fingerprint density at radius 2 is 1.44 bits per heavy atom. The summed E-state index contributed by atoms with van der Waals surface area (Å²) in [4.78, 5) is 10.5. The molecule has 0 fully saturated rings. The molecule has 0 aromatic heterocycles. The number of alkyl halides is 2. The molecule has 96 valence electrons. The molecule has 0 atom stereocenters. The van der Waals surface area contributed by atoms with Crippen molar-refractivity contribution >= 4 is 5.97 Å². The molecule has 0 rings (SSSR count). The molecule has 0 aromatic rings. The number of halogens is 2. The number of carboxylic acid groups (broad SMARTS) is 1. The van der Waals surface area contributed by atoms with Gasteiger partial charge in [-0.05, 0) is 24.7 Å². The summed E-state index contributed by atoms with van der Waals surface area (Å²) >= 11 is 0. The van der Waals surface area contributed by atoms with Crippen molar-refractivity contribution in [1.29, 1.82) is 0 Å². The quantitative estimate of drug-likeness (QED) is 0.747. The Hall–Kier alpha value is -0.710. The van der Waals surface area contributed by atoms with E-state index in [4.69, 9.17) is 5.11 Å². The van der Waals surface area contributed by atoms with Crippen molar-refractivity contribution in [2.75, 3.05) is 0 Å². The predicted octanol–water partition coefficient (Wildman–Crippen LogP) is 2.53. The van der Waals surface area contributed by atoms with E-state index in [-0.39, 0.29) is 24.7 Å². The van der Waals surface area contributed by atoms with E-state index in [2.05, 4.69) is 0 Å². The molecule has 0 aliphatic rings. The first-order chi connectivity index (χ1) is 7.03. The molecule has 0 unspecified atom stereocenters. The number of aliphatic hydroxyl groups is 1. The molecule has 3 nitrogen and oxygen atoms in total. The van der Waals surface area contributed by atoms with Gasteiger partial charge in [-0.1, -0.05) is 27.7 Å². The van der Waals surface area contributed by atoms with Crippen molar-refractivity contribution in [1.82, 2.24) is 0 Å². The van der Waals surface area contributed by atoms with Crippen molar-refractivity contribution in [3.8, 4) is 0 Å². The van der Waals surface area contributed by atoms with Gasteiger partial charge in [0.15, 0.2) is 0 Å². The number of hydrogen-bond acceptors (Lipinski definition) is 2. The fourth-order valence-electron chi connectivity index (χ4n) is 1.89. The van der Waals surface area contributed by atoms with Crippen molar-refractivity contribution in [2.45, 2.75) is 52.1 Å². The van der Waals surface area contributed by atoms with Gasteiger partial charge in [0, 0.05) is 0 Å². The zero-order chi connectivity index (χ0) is 13.1. The van der Waals surface area contributed by atoms with Crippen molar-refractivity contribution in [2.24, 2.45) is 11.8 Å². The molecular formula is C11H20F2O3. The topological polar surface area (TPSA) is 57.5 Å². The fraction of sp³-hybridized carbons (Fsp3) is 0.909. The van der Waals surface area contributed by atoms with Gasteiger partial charge >= 0.3 is 11.9 Å². The Bertz CT molecular complexity index is 240. The van der Waals surface area contributed by atoms with Crippen LogP contribution in [0, 0.1) is 11.8 Å². The van der Waals surface area contributed by atoms with E-state index < -0.39 is 17.5 Å². The van der Waals surface area contributed by atoms with Crippen LogP contribution in [-0.2, 0) is 4.79 Å². The van der Waals surface area contributed by atoms with Crippen LogP contribution in [0.25, 0.3) is 0 Å². The lowest BCUT2D eigenvalue weighted by atomic mass is 9.80. The molecule has 0 heterocycles. The molecule has 5 heteroatoms. The summed E-state index contributed by atoms with van der Waals surface area (Å²) in [5, 5.41) is 18.4. The van der Waals surface area contributed by atoms with Gasteiger partial charge in [-0.2, -0.15) is 8.78 Å². The van der Waals surface area contributed by atoms with Gasteiger partial charge in [0.2, 0.25) is 0 Å². The minimum Gasteiger partial charge on any atom is -0.477 e. The maximum atomic E-state index is 13.5. The number of hydrogen-bond donors (Lipinski definition) is 2. The second kappa shape index (κ2) is 5.08. The molecule has 0 aliphatic heterocycles. The van der Waals surface area contributed by atoms with E-state index in [1.807, 2.05) is 0 Å². The third-order valence-electron chi connectivity index (χ3n) is 2.34. The van der Waals surface area contributed by atoms with Crippen LogP contribution in [0.3, 0.4) is 0 Å². The average molecular weight is 238 g/mol. The molecule has 0 spiro atoms. The summed E-state index contributed by atoms with van der Waals surface area (Å²) in [6.45, 7) is 6.68. The fourth-order valence-corrected chi connectivity index (χ4v) is 1.89. The maximum Gasteiger partial charge on any atom is 0.377 e. The number of carbonyl (C=O) groups is 1. The van der Waals surface area contributed by atoms with E-state index in [1.54, 1.807) is 27.7 Å². The van der Waals surface area contributed by atoms with Crippen LogP contribution < -0.4 is 0 Å². The summed E-state index contributed by atoms with van der Waals surface area (Å²) in [7, 11) is 0. The minimum absolute atomic E-state index is 0.200. The van der Waals surface area contributed by atoms with Gasteiger partial charge in [-0.15, -0.1) is 0 Å². The minimum atomic E-state index is -4.11. The highest BCUT2D eigenvalue weighted by Crippen LogP contribution is 2.39. The molecule has 0 aromatic carbocycles. The lowest BCUT2D eigenvalue weighted by molar-refractivity contribution is -0.216. The predicted molar refractivity (Wildman–Crippen MR) is 56.4 cm³/mol. The molecular weight excluding hydrogens is 218 g/mol. The Morgan fingerprint density at radius 3 is 1.62 bits per heavy atom. The Kier molecular flexibility index (Phi) is 4.85. The zero-order valence-corrected chi connectivity index (χ0v) is 10.1. The van der Waals surface area contributed by atoms with Crippen LogP contribution in [0.2, 0.25) is 0 Å². The second-order valence-electron chi connectivity index (χ2n) is 5.11. The monoisotopic (exact) mass is 238 g/mol. The maximum absolute atomic E-state index is 13.5. The zero-order valence-electron chi connectivity index (χ0n) is 10.1. The first kappa shape index (κ1) is 15.3. The molecule has 0 radical (unpaired) electrons. The molecule has 16 heavy (non-hydrogen) atoms. The van der Waals surface area contributed by atoms with E-state index in [1.165, 1.54) is 0 Å². The number of aliphatic carboxylic acids is 1.